The molecule has 10 heteroatoms. The fourth-order valence-electron chi connectivity index (χ4n) is 2.04. The van der Waals surface area contributed by atoms with Crippen LogP contribution < -0.4 is 10.1 Å². The van der Waals surface area contributed by atoms with E-state index in [1.165, 1.54) is 19.1 Å². The summed E-state index contributed by atoms with van der Waals surface area (Å²) in [4.78, 5) is 45.6. The monoisotopic (exact) mass is 408 g/mol. The normalized spacial score (nSPS) is 11.7. The number of ketones is 1. The van der Waals surface area contributed by atoms with E-state index in [0.29, 0.717) is 0 Å². The second kappa shape index (κ2) is 10.2. The number of ether oxygens (including phenoxy) is 3. The molecule has 29 heavy (non-hydrogen) atoms. The number of benzene rings is 1. The zero-order chi connectivity index (χ0) is 22.2. The molecule has 0 radical (unpaired) electrons. The van der Waals surface area contributed by atoms with E-state index < -0.39 is 34.4 Å². The lowest BCUT2D eigenvalue weighted by atomic mass is 10.1. The van der Waals surface area contributed by atoms with E-state index in [9.17, 15) is 24.5 Å². The zero-order valence-electron chi connectivity index (χ0n) is 16.7. The van der Waals surface area contributed by atoms with Crippen LogP contribution in [-0.4, -0.2) is 47.6 Å². The average molecular weight is 408 g/mol. The number of nitrogens with one attached hydrogen (secondary N) is 1. The van der Waals surface area contributed by atoms with Gasteiger partial charge in [-0.3, -0.25) is 14.9 Å². The van der Waals surface area contributed by atoms with Gasteiger partial charge in [0, 0.05) is 6.07 Å². The maximum absolute atomic E-state index is 11.9. The molecule has 0 spiro atoms. The maximum Gasteiger partial charge on any atom is 0.408 e. The van der Waals surface area contributed by atoms with Gasteiger partial charge in [0.2, 0.25) is 0 Å². The number of amides is 1. The van der Waals surface area contributed by atoms with Crippen LogP contribution in [0.5, 0.6) is 5.75 Å². The van der Waals surface area contributed by atoms with Crippen molar-refractivity contribution >= 4 is 23.5 Å². The third kappa shape index (κ3) is 7.99. The van der Waals surface area contributed by atoms with Crippen molar-refractivity contribution in [3.63, 3.8) is 0 Å². The standard InChI is InChI=1S/C19H24N2O8/c1-6-16(22)14-11-13(7-8-15(14)21(25)26)27-9-10-28-17(23)12(2)20-18(24)29-19(3,4)5/h6-8,11-12H,1,9-10H2,2-5H3,(H,20,24)/t12-/m0/s1. The number of nitro groups is 1. The fourth-order valence-corrected chi connectivity index (χ4v) is 2.04. The Morgan fingerprint density at radius 3 is 2.48 bits per heavy atom. The summed E-state index contributed by atoms with van der Waals surface area (Å²) < 4.78 is 15.4. The number of alkyl carbamates (subject to hydrolysis) is 1. The molecule has 0 heterocycles. The van der Waals surface area contributed by atoms with Gasteiger partial charge in [-0.25, -0.2) is 9.59 Å². The Labute approximate surface area is 168 Å². The van der Waals surface area contributed by atoms with Crippen molar-refractivity contribution in [1.82, 2.24) is 5.32 Å². The lowest BCUT2D eigenvalue weighted by molar-refractivity contribution is -0.385. The Hall–Kier alpha value is -3.43. The molecule has 0 bridgehead atoms. The van der Waals surface area contributed by atoms with Crippen LogP contribution in [0.3, 0.4) is 0 Å². The zero-order valence-corrected chi connectivity index (χ0v) is 16.7. The van der Waals surface area contributed by atoms with Crippen molar-refractivity contribution in [1.29, 1.82) is 0 Å². The molecule has 1 aromatic carbocycles. The Balaban J connectivity index is 2.54. The molecule has 0 aromatic heterocycles. The first-order valence-electron chi connectivity index (χ1n) is 8.68. The first-order chi connectivity index (χ1) is 13.4. The highest BCUT2D eigenvalue weighted by Crippen LogP contribution is 2.24. The summed E-state index contributed by atoms with van der Waals surface area (Å²) in [6, 6.07) is 2.76. The highest BCUT2D eigenvalue weighted by Gasteiger charge is 2.22. The minimum absolute atomic E-state index is 0.0651. The van der Waals surface area contributed by atoms with Gasteiger partial charge in [-0.2, -0.15) is 0 Å². The third-order valence-corrected chi connectivity index (χ3v) is 3.30. The second-order valence-corrected chi connectivity index (χ2v) is 6.89. The van der Waals surface area contributed by atoms with Crippen molar-refractivity contribution < 1.29 is 33.5 Å². The van der Waals surface area contributed by atoms with Crippen LogP contribution >= 0.6 is 0 Å². The predicted molar refractivity (Wildman–Crippen MR) is 103 cm³/mol. The lowest BCUT2D eigenvalue weighted by Gasteiger charge is -2.21. The van der Waals surface area contributed by atoms with Crippen molar-refractivity contribution in [2.45, 2.75) is 39.3 Å². The molecule has 0 saturated heterocycles. The Morgan fingerprint density at radius 1 is 1.28 bits per heavy atom. The molecule has 1 rings (SSSR count). The van der Waals surface area contributed by atoms with Crippen molar-refractivity contribution in [3.05, 3.63) is 46.5 Å². The molecule has 0 saturated carbocycles. The topological polar surface area (TPSA) is 134 Å². The lowest BCUT2D eigenvalue weighted by Crippen LogP contribution is -2.42. The van der Waals surface area contributed by atoms with Crippen LogP contribution in [0.25, 0.3) is 0 Å². The third-order valence-electron chi connectivity index (χ3n) is 3.30. The van der Waals surface area contributed by atoms with Gasteiger partial charge in [0.1, 0.15) is 36.2 Å². The highest BCUT2D eigenvalue weighted by molar-refractivity contribution is 6.07. The molecular weight excluding hydrogens is 384 g/mol. The van der Waals surface area contributed by atoms with Gasteiger partial charge < -0.3 is 19.5 Å². The van der Waals surface area contributed by atoms with Crippen LogP contribution in [0.2, 0.25) is 0 Å². The molecule has 0 aliphatic heterocycles. The Kier molecular flexibility index (Phi) is 8.31. The summed E-state index contributed by atoms with van der Waals surface area (Å²) in [6.45, 7) is 9.63. The molecule has 0 aliphatic carbocycles. The van der Waals surface area contributed by atoms with Crippen LogP contribution in [0.15, 0.2) is 30.9 Å². The second-order valence-electron chi connectivity index (χ2n) is 6.89. The van der Waals surface area contributed by atoms with Gasteiger partial charge in [-0.15, -0.1) is 0 Å². The van der Waals surface area contributed by atoms with Gasteiger partial charge in [-0.05, 0) is 45.9 Å². The van der Waals surface area contributed by atoms with Crippen molar-refractivity contribution in [2.24, 2.45) is 0 Å². The maximum atomic E-state index is 11.9. The summed E-state index contributed by atoms with van der Waals surface area (Å²) in [5.41, 5.74) is -1.22. The number of hydrogen-bond acceptors (Lipinski definition) is 8. The van der Waals surface area contributed by atoms with Gasteiger partial charge in [0.25, 0.3) is 5.69 Å². The van der Waals surface area contributed by atoms with E-state index in [2.05, 4.69) is 11.9 Å². The first kappa shape index (κ1) is 23.6. The van der Waals surface area contributed by atoms with Gasteiger partial charge in [0.15, 0.2) is 5.78 Å². The van der Waals surface area contributed by atoms with E-state index in [4.69, 9.17) is 14.2 Å². The molecule has 0 fully saturated rings. The SMILES string of the molecule is C=CC(=O)c1cc(OCCOC(=O)[C@H](C)NC(=O)OC(C)(C)C)ccc1[N+](=O)[O-]. The van der Waals surface area contributed by atoms with Crippen LogP contribution in [0, 0.1) is 10.1 Å². The Morgan fingerprint density at radius 2 is 1.93 bits per heavy atom. The quantitative estimate of drug-likeness (QED) is 0.165. The number of allylic oxidation sites excluding steroid dienone is 1. The number of hydrogen-bond donors (Lipinski definition) is 1. The summed E-state index contributed by atoms with van der Waals surface area (Å²) >= 11 is 0. The van der Waals surface area contributed by atoms with Gasteiger partial charge in [0.05, 0.1) is 4.92 Å². The number of rotatable bonds is 9. The summed E-state index contributed by atoms with van der Waals surface area (Å²) in [5, 5.41) is 13.3. The molecule has 10 nitrogen and oxygen atoms in total. The van der Waals surface area contributed by atoms with Gasteiger partial charge >= 0.3 is 12.1 Å². The van der Waals surface area contributed by atoms with E-state index in [1.807, 2.05) is 0 Å². The molecule has 0 aliphatic rings. The number of carbonyl (C=O) groups excluding carboxylic acids is 3. The summed E-state index contributed by atoms with van der Waals surface area (Å²) in [7, 11) is 0. The van der Waals surface area contributed by atoms with Crippen LogP contribution in [0.4, 0.5) is 10.5 Å². The molecule has 1 aromatic rings. The largest absolute Gasteiger partial charge is 0.490 e. The number of nitrogens with zero attached hydrogens (tertiary/aromatic N) is 1. The number of esters is 1. The summed E-state index contributed by atoms with van der Waals surface area (Å²) in [6.07, 6.45) is 0.218. The first-order valence-corrected chi connectivity index (χ1v) is 8.68. The molecule has 0 unspecified atom stereocenters. The minimum atomic E-state index is -0.930. The van der Waals surface area contributed by atoms with E-state index in [1.54, 1.807) is 20.8 Å². The molecule has 1 atom stereocenters. The molecule has 1 amide bonds. The highest BCUT2D eigenvalue weighted by atomic mass is 16.6. The Bertz CT molecular complexity index is 798. The van der Waals surface area contributed by atoms with Gasteiger partial charge in [-0.1, -0.05) is 6.58 Å². The molecule has 158 valence electrons. The molecular formula is C19H24N2O8. The minimum Gasteiger partial charge on any atom is -0.490 e. The summed E-state index contributed by atoms with van der Waals surface area (Å²) in [5.74, 6) is -1.11. The van der Waals surface area contributed by atoms with Crippen LogP contribution in [0.1, 0.15) is 38.1 Å². The van der Waals surface area contributed by atoms with Crippen molar-refractivity contribution in [3.8, 4) is 5.75 Å². The van der Waals surface area contributed by atoms with Crippen molar-refractivity contribution in [2.75, 3.05) is 13.2 Å². The average Bonchev–Trinajstić information content (AvgIpc) is 2.62. The number of nitro benzene ring substituents is 1. The van der Waals surface area contributed by atoms with Crippen LogP contribution in [-0.2, 0) is 14.3 Å². The molecule has 1 N–H and O–H groups in total. The van der Waals surface area contributed by atoms with E-state index >= 15 is 0 Å². The smallest absolute Gasteiger partial charge is 0.408 e. The van der Waals surface area contributed by atoms with E-state index in [-0.39, 0.29) is 30.2 Å². The van der Waals surface area contributed by atoms with E-state index in [0.717, 1.165) is 12.1 Å². The fraction of sp³-hybridized carbons (Fsp3) is 0.421. The number of carbonyl (C=O) groups is 3. The predicted octanol–water partition coefficient (Wildman–Crippen LogP) is 2.80.